The fraction of sp³-hybridized carbons (Fsp3) is 0.222. The molecular formula is C18H17FO2. The van der Waals surface area contributed by atoms with Gasteiger partial charge in [0.2, 0.25) is 0 Å². The largest absolute Gasteiger partial charge is 0.493 e. The standard InChI is InChI=1S/C18H17FO2/c19-17-12-16(8-4-5-10-20)13-18(14-17)21-11-9-15-6-2-1-3-7-15/h1-3,6-7,12-14,20H,5,9-11H2. The topological polar surface area (TPSA) is 29.5 Å². The minimum Gasteiger partial charge on any atom is -0.493 e. The first-order valence-electron chi connectivity index (χ1n) is 6.85. The molecule has 0 aliphatic rings. The highest BCUT2D eigenvalue weighted by molar-refractivity contribution is 5.40. The summed E-state index contributed by atoms with van der Waals surface area (Å²) in [5.41, 5.74) is 1.73. The summed E-state index contributed by atoms with van der Waals surface area (Å²) >= 11 is 0. The van der Waals surface area contributed by atoms with E-state index in [2.05, 4.69) is 11.8 Å². The number of ether oxygens (including phenoxy) is 1. The normalized spacial score (nSPS) is 9.81. The van der Waals surface area contributed by atoms with Crippen LogP contribution in [0, 0.1) is 17.7 Å². The lowest BCUT2D eigenvalue weighted by Gasteiger charge is -2.07. The molecule has 3 heteroatoms. The predicted molar refractivity (Wildman–Crippen MR) is 80.6 cm³/mol. The SMILES string of the molecule is OCCC#Cc1cc(F)cc(OCCc2ccccc2)c1. The summed E-state index contributed by atoms with van der Waals surface area (Å²) in [6.07, 6.45) is 1.14. The zero-order valence-corrected chi connectivity index (χ0v) is 11.7. The Bertz CT molecular complexity index is 627. The fourth-order valence-electron chi connectivity index (χ4n) is 1.87. The van der Waals surface area contributed by atoms with E-state index in [-0.39, 0.29) is 12.4 Å². The molecule has 2 aromatic carbocycles. The second-order valence-electron chi connectivity index (χ2n) is 4.54. The van der Waals surface area contributed by atoms with E-state index in [1.807, 2.05) is 30.3 Å². The van der Waals surface area contributed by atoms with Crippen LogP contribution >= 0.6 is 0 Å². The quantitative estimate of drug-likeness (QED) is 0.855. The van der Waals surface area contributed by atoms with E-state index in [9.17, 15) is 4.39 Å². The van der Waals surface area contributed by atoms with Gasteiger partial charge in [0.1, 0.15) is 11.6 Å². The maximum atomic E-state index is 13.5. The lowest BCUT2D eigenvalue weighted by molar-refractivity contribution is 0.305. The van der Waals surface area contributed by atoms with Crippen molar-refractivity contribution in [2.45, 2.75) is 12.8 Å². The summed E-state index contributed by atoms with van der Waals surface area (Å²) in [6, 6.07) is 14.4. The fourth-order valence-corrected chi connectivity index (χ4v) is 1.87. The van der Waals surface area contributed by atoms with Crippen LogP contribution < -0.4 is 4.74 Å². The third kappa shape index (κ3) is 5.29. The molecule has 21 heavy (non-hydrogen) atoms. The Kier molecular flexibility index (Phi) is 5.81. The molecular weight excluding hydrogens is 267 g/mol. The number of benzene rings is 2. The molecule has 0 bridgehead atoms. The van der Waals surface area contributed by atoms with E-state index in [0.29, 0.717) is 24.3 Å². The third-order valence-electron chi connectivity index (χ3n) is 2.84. The molecule has 0 amide bonds. The number of aliphatic hydroxyl groups excluding tert-OH is 1. The van der Waals surface area contributed by atoms with Gasteiger partial charge in [0.05, 0.1) is 13.2 Å². The minimum absolute atomic E-state index is 0.00273. The second-order valence-corrected chi connectivity index (χ2v) is 4.54. The first kappa shape index (κ1) is 15.1. The molecule has 0 fully saturated rings. The number of hydrogen-bond donors (Lipinski definition) is 1. The average molecular weight is 284 g/mol. The minimum atomic E-state index is -0.375. The van der Waals surface area contributed by atoms with Gasteiger partial charge in [-0.3, -0.25) is 0 Å². The summed E-state index contributed by atoms with van der Waals surface area (Å²) < 4.78 is 19.1. The van der Waals surface area contributed by atoms with Crippen LogP contribution in [0.1, 0.15) is 17.5 Å². The Morgan fingerprint density at radius 2 is 1.90 bits per heavy atom. The summed E-state index contributed by atoms with van der Waals surface area (Å²) in [6.45, 7) is 0.486. The molecule has 0 unspecified atom stereocenters. The van der Waals surface area contributed by atoms with Crippen LogP contribution in [-0.2, 0) is 6.42 Å². The summed E-state index contributed by atoms with van der Waals surface area (Å²) in [4.78, 5) is 0. The highest BCUT2D eigenvalue weighted by Gasteiger charge is 2.01. The first-order chi connectivity index (χ1) is 10.3. The van der Waals surface area contributed by atoms with Gasteiger partial charge < -0.3 is 9.84 Å². The molecule has 2 rings (SSSR count). The zero-order valence-electron chi connectivity index (χ0n) is 11.7. The highest BCUT2D eigenvalue weighted by Crippen LogP contribution is 2.16. The highest BCUT2D eigenvalue weighted by atomic mass is 19.1. The van der Waals surface area contributed by atoms with Crippen molar-refractivity contribution in [3.63, 3.8) is 0 Å². The van der Waals surface area contributed by atoms with Crippen LogP contribution in [0.25, 0.3) is 0 Å². The van der Waals surface area contributed by atoms with Crippen molar-refractivity contribution >= 4 is 0 Å². The van der Waals surface area contributed by atoms with Crippen LogP contribution in [0.4, 0.5) is 4.39 Å². The van der Waals surface area contributed by atoms with Crippen LogP contribution in [0.3, 0.4) is 0 Å². The molecule has 1 N–H and O–H groups in total. The van der Waals surface area contributed by atoms with Crippen LogP contribution in [-0.4, -0.2) is 18.3 Å². The molecule has 2 aromatic rings. The van der Waals surface area contributed by atoms with E-state index in [1.165, 1.54) is 17.7 Å². The second kappa shape index (κ2) is 8.08. The van der Waals surface area contributed by atoms with Gasteiger partial charge in [-0.1, -0.05) is 42.2 Å². The van der Waals surface area contributed by atoms with E-state index < -0.39 is 0 Å². The van der Waals surface area contributed by atoms with Gasteiger partial charge in [-0.25, -0.2) is 4.39 Å². The number of rotatable bonds is 5. The van der Waals surface area contributed by atoms with Crippen LogP contribution in [0.5, 0.6) is 5.75 Å². The summed E-state index contributed by atoms with van der Waals surface area (Å²) in [5, 5.41) is 8.68. The Morgan fingerprint density at radius 1 is 1.10 bits per heavy atom. The van der Waals surface area contributed by atoms with E-state index in [1.54, 1.807) is 6.07 Å². The molecule has 0 aliphatic carbocycles. The Balaban J connectivity index is 1.95. The van der Waals surface area contributed by atoms with E-state index >= 15 is 0 Å². The van der Waals surface area contributed by atoms with Crippen molar-refractivity contribution in [2.24, 2.45) is 0 Å². The molecule has 2 nitrogen and oxygen atoms in total. The van der Waals surface area contributed by atoms with Gasteiger partial charge in [0.25, 0.3) is 0 Å². The maximum absolute atomic E-state index is 13.5. The Morgan fingerprint density at radius 3 is 2.67 bits per heavy atom. The van der Waals surface area contributed by atoms with Crippen molar-refractivity contribution < 1.29 is 14.2 Å². The lowest BCUT2D eigenvalue weighted by atomic mass is 10.2. The maximum Gasteiger partial charge on any atom is 0.128 e. The van der Waals surface area contributed by atoms with Gasteiger partial charge in [-0.2, -0.15) is 0 Å². The average Bonchev–Trinajstić information content (AvgIpc) is 2.48. The Labute approximate surface area is 124 Å². The van der Waals surface area contributed by atoms with E-state index in [4.69, 9.17) is 9.84 Å². The van der Waals surface area contributed by atoms with Crippen molar-refractivity contribution in [1.29, 1.82) is 0 Å². The van der Waals surface area contributed by atoms with Crippen LogP contribution in [0.15, 0.2) is 48.5 Å². The molecule has 0 radical (unpaired) electrons. The van der Waals surface area contributed by atoms with Crippen molar-refractivity contribution in [3.05, 3.63) is 65.5 Å². The molecule has 0 atom stereocenters. The first-order valence-corrected chi connectivity index (χ1v) is 6.85. The monoisotopic (exact) mass is 284 g/mol. The molecule has 108 valence electrons. The number of aliphatic hydroxyl groups is 1. The molecule has 0 aromatic heterocycles. The third-order valence-corrected chi connectivity index (χ3v) is 2.84. The predicted octanol–water partition coefficient (Wildman–Crippen LogP) is 3.18. The zero-order chi connectivity index (χ0) is 14.9. The van der Waals surface area contributed by atoms with Crippen molar-refractivity contribution in [2.75, 3.05) is 13.2 Å². The molecule has 0 saturated heterocycles. The van der Waals surface area contributed by atoms with Crippen molar-refractivity contribution in [1.82, 2.24) is 0 Å². The summed E-state index contributed by atoms with van der Waals surface area (Å²) in [5.74, 6) is 5.67. The van der Waals surface area contributed by atoms with Gasteiger partial charge >= 0.3 is 0 Å². The van der Waals surface area contributed by atoms with Gasteiger partial charge in [-0.15, -0.1) is 0 Å². The van der Waals surface area contributed by atoms with Gasteiger partial charge in [0.15, 0.2) is 0 Å². The molecule has 0 saturated carbocycles. The molecule has 0 spiro atoms. The van der Waals surface area contributed by atoms with Gasteiger partial charge in [0, 0.05) is 24.5 Å². The van der Waals surface area contributed by atoms with Gasteiger partial charge in [-0.05, 0) is 17.7 Å². The van der Waals surface area contributed by atoms with Crippen molar-refractivity contribution in [3.8, 4) is 17.6 Å². The van der Waals surface area contributed by atoms with Crippen LogP contribution in [0.2, 0.25) is 0 Å². The Hall–Kier alpha value is -2.31. The summed E-state index contributed by atoms with van der Waals surface area (Å²) in [7, 11) is 0. The molecule has 0 heterocycles. The lowest BCUT2D eigenvalue weighted by Crippen LogP contribution is -2.01. The smallest absolute Gasteiger partial charge is 0.128 e. The van der Waals surface area contributed by atoms with E-state index in [0.717, 1.165) is 6.42 Å². The number of halogens is 1. The number of hydrogen-bond acceptors (Lipinski definition) is 2. The molecule has 0 aliphatic heterocycles.